The number of benzene rings is 2. The van der Waals surface area contributed by atoms with Crippen LogP contribution in [0.4, 0.5) is 4.39 Å². The van der Waals surface area contributed by atoms with Crippen LogP contribution in [-0.4, -0.2) is 29.2 Å². The van der Waals surface area contributed by atoms with Crippen LogP contribution in [0.3, 0.4) is 0 Å². The SMILES string of the molecule is CC(C)(C)c1ccc(CC(=O)C(NC(=O)[C@H]2CNC(=O)C2)c2ccc(C(C)(C)O)cc2)cc1F. The first-order valence-corrected chi connectivity index (χ1v) is 11.5. The quantitative estimate of drug-likeness (QED) is 0.580. The number of carbonyl (C=O) groups excluding carboxylic acids is 3. The number of nitrogens with one attached hydrogen (secondary N) is 2. The first-order valence-electron chi connectivity index (χ1n) is 11.5. The normalized spacial score (nSPS) is 17.3. The maximum absolute atomic E-state index is 14.7. The lowest BCUT2D eigenvalue weighted by atomic mass is 9.85. The van der Waals surface area contributed by atoms with Crippen LogP contribution in [0.2, 0.25) is 0 Å². The number of Topliss-reactive ketones (excluding diaryl/α,β-unsaturated/α-hetero) is 1. The fourth-order valence-electron chi connectivity index (χ4n) is 4.06. The Bertz CT molecular complexity index is 1080. The molecule has 0 aliphatic carbocycles. The van der Waals surface area contributed by atoms with E-state index >= 15 is 0 Å². The molecule has 1 saturated heterocycles. The third kappa shape index (κ3) is 6.08. The van der Waals surface area contributed by atoms with Gasteiger partial charge in [-0.05, 0) is 47.6 Å². The number of aliphatic hydroxyl groups is 1. The van der Waals surface area contributed by atoms with Crippen LogP contribution in [0.25, 0.3) is 0 Å². The molecule has 0 radical (unpaired) electrons. The molecule has 2 amide bonds. The molecule has 34 heavy (non-hydrogen) atoms. The van der Waals surface area contributed by atoms with Crippen LogP contribution in [0, 0.1) is 11.7 Å². The summed E-state index contributed by atoms with van der Waals surface area (Å²) < 4.78 is 14.7. The molecule has 1 aliphatic heterocycles. The summed E-state index contributed by atoms with van der Waals surface area (Å²) in [6.45, 7) is 9.30. The van der Waals surface area contributed by atoms with Gasteiger partial charge in [0.25, 0.3) is 0 Å². The molecule has 2 atom stereocenters. The molecule has 1 unspecified atom stereocenters. The van der Waals surface area contributed by atoms with Crippen molar-refractivity contribution < 1.29 is 23.9 Å². The van der Waals surface area contributed by atoms with Gasteiger partial charge in [0.1, 0.15) is 11.9 Å². The third-order valence-electron chi connectivity index (χ3n) is 6.13. The molecule has 7 heteroatoms. The lowest BCUT2D eigenvalue weighted by Crippen LogP contribution is -2.39. The van der Waals surface area contributed by atoms with E-state index in [4.69, 9.17) is 0 Å². The van der Waals surface area contributed by atoms with Crippen LogP contribution in [0.1, 0.15) is 69.3 Å². The maximum Gasteiger partial charge on any atom is 0.226 e. The summed E-state index contributed by atoms with van der Waals surface area (Å²) in [7, 11) is 0. The van der Waals surface area contributed by atoms with Gasteiger partial charge in [0.2, 0.25) is 11.8 Å². The molecule has 182 valence electrons. The molecule has 0 bridgehead atoms. The summed E-state index contributed by atoms with van der Waals surface area (Å²) in [4.78, 5) is 37.7. The molecular formula is C27H33FN2O4. The second kappa shape index (κ2) is 9.66. The highest BCUT2D eigenvalue weighted by Crippen LogP contribution is 2.27. The molecule has 3 rings (SSSR count). The van der Waals surface area contributed by atoms with Gasteiger partial charge in [-0.1, -0.05) is 57.2 Å². The van der Waals surface area contributed by atoms with Gasteiger partial charge in [0.05, 0.1) is 11.5 Å². The van der Waals surface area contributed by atoms with Gasteiger partial charge in [-0.3, -0.25) is 14.4 Å². The molecule has 0 saturated carbocycles. The van der Waals surface area contributed by atoms with Gasteiger partial charge in [-0.2, -0.15) is 0 Å². The molecule has 2 aromatic rings. The first-order chi connectivity index (χ1) is 15.8. The number of ketones is 1. The Kier molecular flexibility index (Phi) is 7.26. The molecule has 3 N–H and O–H groups in total. The zero-order valence-corrected chi connectivity index (χ0v) is 20.4. The minimum atomic E-state index is -1.05. The summed E-state index contributed by atoms with van der Waals surface area (Å²) in [6, 6.07) is 10.6. The Morgan fingerprint density at radius 1 is 1.12 bits per heavy atom. The predicted molar refractivity (Wildman–Crippen MR) is 127 cm³/mol. The summed E-state index contributed by atoms with van der Waals surface area (Å²) in [6.07, 6.45) is 0.00520. The molecule has 0 aromatic heterocycles. The summed E-state index contributed by atoms with van der Waals surface area (Å²) >= 11 is 0. The van der Waals surface area contributed by atoms with Gasteiger partial charge < -0.3 is 15.7 Å². The highest BCUT2D eigenvalue weighted by atomic mass is 19.1. The maximum atomic E-state index is 14.7. The predicted octanol–water partition coefficient (Wildman–Crippen LogP) is 3.46. The van der Waals surface area contributed by atoms with Crippen molar-refractivity contribution in [1.82, 2.24) is 10.6 Å². The number of hydrogen-bond acceptors (Lipinski definition) is 4. The largest absolute Gasteiger partial charge is 0.386 e. The highest BCUT2D eigenvalue weighted by molar-refractivity contribution is 5.94. The van der Waals surface area contributed by atoms with Crippen LogP contribution in [-0.2, 0) is 31.8 Å². The van der Waals surface area contributed by atoms with Crippen molar-refractivity contribution in [3.05, 3.63) is 70.5 Å². The van der Waals surface area contributed by atoms with Crippen LogP contribution >= 0.6 is 0 Å². The molecular weight excluding hydrogens is 435 g/mol. The molecule has 1 aliphatic rings. The number of halogens is 1. The van der Waals surface area contributed by atoms with E-state index in [1.165, 1.54) is 6.07 Å². The Morgan fingerprint density at radius 3 is 2.26 bits per heavy atom. The average Bonchev–Trinajstić information content (AvgIpc) is 3.17. The van der Waals surface area contributed by atoms with Gasteiger partial charge in [0, 0.05) is 19.4 Å². The Morgan fingerprint density at radius 2 is 1.76 bits per heavy atom. The van der Waals surface area contributed by atoms with E-state index in [2.05, 4.69) is 10.6 Å². The topological polar surface area (TPSA) is 95.5 Å². The number of hydrogen-bond donors (Lipinski definition) is 3. The minimum Gasteiger partial charge on any atom is -0.386 e. The van der Waals surface area contributed by atoms with Crippen LogP contribution < -0.4 is 10.6 Å². The lowest BCUT2D eigenvalue weighted by Gasteiger charge is -2.23. The van der Waals surface area contributed by atoms with E-state index in [0.29, 0.717) is 22.3 Å². The summed E-state index contributed by atoms with van der Waals surface area (Å²) in [5.74, 6) is -1.82. The Balaban J connectivity index is 1.86. The van der Waals surface area contributed by atoms with Crippen molar-refractivity contribution in [2.45, 2.75) is 64.5 Å². The van der Waals surface area contributed by atoms with Crippen molar-refractivity contribution in [3.8, 4) is 0 Å². The summed E-state index contributed by atoms with van der Waals surface area (Å²) in [5, 5.41) is 15.6. The van der Waals surface area contributed by atoms with Crippen LogP contribution in [0.5, 0.6) is 0 Å². The highest BCUT2D eigenvalue weighted by Gasteiger charge is 2.32. The van der Waals surface area contributed by atoms with Gasteiger partial charge in [0.15, 0.2) is 5.78 Å². The standard InChI is InChI=1S/C27H33FN2O4/c1-26(2,3)20-11-6-16(12-21(20)28)13-22(31)24(30-25(33)18-14-23(32)29-15-18)17-7-9-19(10-8-17)27(4,5)34/h6-12,18,24,34H,13-15H2,1-5H3,(H,29,32)(H,30,33)/t18-,24?/m1/s1. The van der Waals surface area contributed by atoms with Crippen LogP contribution in [0.15, 0.2) is 42.5 Å². The Labute approximate surface area is 200 Å². The smallest absolute Gasteiger partial charge is 0.226 e. The van der Waals surface area contributed by atoms with E-state index in [1.807, 2.05) is 20.8 Å². The third-order valence-corrected chi connectivity index (χ3v) is 6.13. The number of rotatable bonds is 7. The van der Waals surface area contributed by atoms with Gasteiger partial charge in [-0.15, -0.1) is 0 Å². The van der Waals surface area contributed by atoms with Crippen molar-refractivity contribution in [3.63, 3.8) is 0 Å². The number of carbonyl (C=O) groups is 3. The van der Waals surface area contributed by atoms with E-state index in [0.717, 1.165) is 0 Å². The van der Waals surface area contributed by atoms with Crippen molar-refractivity contribution in [2.24, 2.45) is 5.92 Å². The molecule has 6 nitrogen and oxygen atoms in total. The Hall–Kier alpha value is -3.06. The summed E-state index contributed by atoms with van der Waals surface area (Å²) in [5.41, 5.74) is 0.881. The fourth-order valence-corrected chi connectivity index (χ4v) is 4.06. The molecule has 2 aromatic carbocycles. The van der Waals surface area contributed by atoms with E-state index < -0.39 is 23.5 Å². The second-order valence-corrected chi connectivity index (χ2v) is 10.5. The van der Waals surface area contributed by atoms with Crippen molar-refractivity contribution >= 4 is 17.6 Å². The first kappa shape index (κ1) is 25.6. The van der Waals surface area contributed by atoms with E-state index in [1.54, 1.807) is 50.2 Å². The number of amides is 2. The molecule has 0 spiro atoms. The second-order valence-electron chi connectivity index (χ2n) is 10.5. The average molecular weight is 469 g/mol. The van der Waals surface area contributed by atoms with E-state index in [-0.39, 0.29) is 42.3 Å². The van der Waals surface area contributed by atoms with E-state index in [9.17, 15) is 23.9 Å². The molecule has 1 fully saturated rings. The van der Waals surface area contributed by atoms with Gasteiger partial charge >= 0.3 is 0 Å². The van der Waals surface area contributed by atoms with Crippen molar-refractivity contribution in [2.75, 3.05) is 6.54 Å². The lowest BCUT2D eigenvalue weighted by molar-refractivity contribution is -0.130. The minimum absolute atomic E-state index is 0.0681. The zero-order chi connectivity index (χ0) is 25.3. The van der Waals surface area contributed by atoms with Gasteiger partial charge in [-0.25, -0.2) is 4.39 Å². The fraction of sp³-hybridized carbons (Fsp3) is 0.444. The monoisotopic (exact) mass is 468 g/mol. The molecule has 1 heterocycles. The van der Waals surface area contributed by atoms with Crippen molar-refractivity contribution in [1.29, 1.82) is 0 Å². The zero-order valence-electron chi connectivity index (χ0n) is 20.4.